The van der Waals surface area contributed by atoms with Gasteiger partial charge in [-0.1, -0.05) is 17.2 Å². The fraction of sp³-hybridized carbons (Fsp3) is 0.618. The number of aliphatic hydroxyl groups excluding tert-OH is 1. The van der Waals surface area contributed by atoms with Crippen molar-refractivity contribution in [3.8, 4) is 11.3 Å². The Bertz CT molecular complexity index is 1400. The van der Waals surface area contributed by atoms with Crippen molar-refractivity contribution in [2.75, 3.05) is 52.4 Å². The van der Waals surface area contributed by atoms with E-state index in [1.165, 1.54) is 57.4 Å². The average Bonchev–Trinajstić information content (AvgIpc) is 3.51. The molecule has 3 unspecified atom stereocenters. The van der Waals surface area contributed by atoms with Gasteiger partial charge in [-0.05, 0) is 95.0 Å². The predicted molar refractivity (Wildman–Crippen MR) is 173 cm³/mol. The van der Waals surface area contributed by atoms with Gasteiger partial charge in [-0.15, -0.1) is 11.3 Å². The molecule has 2 aliphatic heterocycles. The topological polar surface area (TPSA) is 88.8 Å². The number of amides is 1. The van der Waals surface area contributed by atoms with Gasteiger partial charge in [0.05, 0.1) is 17.2 Å². The third kappa shape index (κ3) is 5.81. The molecule has 4 N–H and O–H groups in total. The minimum Gasteiger partial charge on any atom is -0.390 e. The maximum Gasteiger partial charge on any atom is 0.233 e. The van der Waals surface area contributed by atoms with Crippen LogP contribution in [0.1, 0.15) is 61.1 Å². The molecular weight excluding hydrogens is 542 g/mol. The Balaban J connectivity index is 1.26. The first-order valence-electron chi connectivity index (χ1n) is 16.0. The third-order valence-corrected chi connectivity index (χ3v) is 11.5. The standard InChI is InChI=1S/C34H49N5O2S/c1-22-16-23(2)18-25(17-22)31-27(9-11-37-12-14-38(15-13-37)21-26(40)20-35)28-19-30(42-32(28)36-31)34(3,4)33(41)39-10-5-6-24-7-8-29(24)39/h16-19,24,26,29,36,40H,5-15,20-21,35H2,1-4H3. The molecule has 7 nitrogen and oxygen atoms in total. The number of β-amino-alcohol motifs (C(OH)–C–C–N with tert-alkyl or cyclic N) is 1. The van der Waals surface area contributed by atoms with Crippen LogP contribution in [0.2, 0.25) is 0 Å². The summed E-state index contributed by atoms with van der Waals surface area (Å²) in [7, 11) is 0. The lowest BCUT2D eigenvalue weighted by atomic mass is 9.72. The van der Waals surface area contributed by atoms with Crippen LogP contribution in [0.4, 0.5) is 0 Å². The van der Waals surface area contributed by atoms with Crippen LogP contribution < -0.4 is 5.73 Å². The Morgan fingerprint density at radius 1 is 1.05 bits per heavy atom. The molecule has 3 fully saturated rings. The molecular formula is C34H49N5O2S. The number of rotatable bonds is 9. The zero-order valence-electron chi connectivity index (χ0n) is 25.9. The Labute approximate surface area is 255 Å². The molecule has 42 heavy (non-hydrogen) atoms. The molecule has 1 saturated carbocycles. The normalized spacial score (nSPS) is 22.8. The van der Waals surface area contributed by atoms with Crippen molar-refractivity contribution >= 4 is 27.5 Å². The lowest BCUT2D eigenvalue weighted by molar-refractivity contribution is -0.145. The fourth-order valence-electron chi connectivity index (χ4n) is 7.51. The van der Waals surface area contributed by atoms with Crippen molar-refractivity contribution in [3.05, 3.63) is 45.8 Å². The molecule has 4 heterocycles. The number of carbonyl (C=O) groups is 1. The number of benzene rings is 1. The van der Waals surface area contributed by atoms with Gasteiger partial charge in [-0.2, -0.15) is 0 Å². The number of piperazine rings is 1. The number of aromatic amines is 1. The van der Waals surface area contributed by atoms with Crippen molar-refractivity contribution in [2.45, 2.75) is 77.4 Å². The van der Waals surface area contributed by atoms with Gasteiger partial charge in [0.15, 0.2) is 0 Å². The minimum absolute atomic E-state index is 0.300. The van der Waals surface area contributed by atoms with Gasteiger partial charge in [0, 0.05) is 68.7 Å². The zero-order chi connectivity index (χ0) is 29.6. The maximum atomic E-state index is 14.0. The maximum absolute atomic E-state index is 14.0. The number of aromatic nitrogens is 1. The molecule has 3 aliphatic rings. The van der Waals surface area contributed by atoms with Gasteiger partial charge < -0.3 is 25.6 Å². The Kier molecular flexibility index (Phi) is 8.55. The van der Waals surface area contributed by atoms with E-state index < -0.39 is 11.5 Å². The molecule has 0 radical (unpaired) electrons. The monoisotopic (exact) mass is 591 g/mol. The summed E-state index contributed by atoms with van der Waals surface area (Å²) >= 11 is 1.77. The molecule has 3 aromatic rings. The van der Waals surface area contributed by atoms with E-state index in [1.54, 1.807) is 11.3 Å². The van der Waals surface area contributed by atoms with E-state index in [0.29, 0.717) is 25.0 Å². The fourth-order valence-corrected chi connectivity index (χ4v) is 8.69. The highest BCUT2D eigenvalue weighted by molar-refractivity contribution is 7.19. The molecule has 228 valence electrons. The number of nitrogens with one attached hydrogen (secondary N) is 1. The number of hydrogen-bond donors (Lipinski definition) is 3. The number of carbonyl (C=O) groups excluding carboxylic acids is 1. The van der Waals surface area contributed by atoms with Crippen molar-refractivity contribution in [1.82, 2.24) is 19.7 Å². The summed E-state index contributed by atoms with van der Waals surface area (Å²) in [6, 6.07) is 9.58. The second kappa shape index (κ2) is 12.0. The van der Waals surface area contributed by atoms with Crippen LogP contribution in [0.5, 0.6) is 0 Å². The van der Waals surface area contributed by atoms with Crippen LogP contribution in [0.3, 0.4) is 0 Å². The van der Waals surface area contributed by atoms with Gasteiger partial charge in [0.25, 0.3) is 0 Å². The molecule has 6 rings (SSSR count). The predicted octanol–water partition coefficient (Wildman–Crippen LogP) is 4.67. The number of aliphatic hydroxyl groups is 1. The number of piperidine rings is 1. The van der Waals surface area contributed by atoms with Gasteiger partial charge in [0.1, 0.15) is 4.83 Å². The van der Waals surface area contributed by atoms with Crippen LogP contribution in [-0.4, -0.2) is 95.2 Å². The van der Waals surface area contributed by atoms with Crippen LogP contribution in [0.15, 0.2) is 24.3 Å². The molecule has 2 saturated heterocycles. The number of nitrogens with two attached hydrogens (primary N) is 1. The Morgan fingerprint density at radius 2 is 1.76 bits per heavy atom. The molecule has 3 atom stereocenters. The van der Waals surface area contributed by atoms with Gasteiger partial charge in [0.2, 0.25) is 5.91 Å². The van der Waals surface area contributed by atoms with E-state index in [0.717, 1.165) is 62.9 Å². The molecule has 8 heteroatoms. The lowest BCUT2D eigenvalue weighted by Crippen LogP contribution is -2.57. The summed E-state index contributed by atoms with van der Waals surface area (Å²) in [5.74, 6) is 1.02. The molecule has 1 aromatic carbocycles. The number of likely N-dealkylation sites (tertiary alicyclic amines) is 1. The second-order valence-corrected chi connectivity index (χ2v) is 14.7. The van der Waals surface area contributed by atoms with E-state index in [9.17, 15) is 9.90 Å². The van der Waals surface area contributed by atoms with E-state index in [-0.39, 0.29) is 0 Å². The molecule has 0 spiro atoms. The van der Waals surface area contributed by atoms with Crippen molar-refractivity contribution in [3.63, 3.8) is 0 Å². The Hall–Kier alpha value is -2.23. The van der Waals surface area contributed by atoms with Crippen LogP contribution in [0, 0.1) is 19.8 Å². The second-order valence-electron chi connectivity index (χ2n) is 13.7. The van der Waals surface area contributed by atoms with Crippen molar-refractivity contribution in [1.29, 1.82) is 0 Å². The summed E-state index contributed by atoms with van der Waals surface area (Å²) in [4.78, 5) is 27.2. The van der Waals surface area contributed by atoms with Gasteiger partial charge in [-0.25, -0.2) is 0 Å². The SMILES string of the molecule is Cc1cc(C)cc(-c2[nH]c3sc(C(C)(C)C(=O)N4CCCC5CCC54)cc3c2CCN2CCN(CC(O)CN)CC2)c1. The highest BCUT2D eigenvalue weighted by Crippen LogP contribution is 2.44. The summed E-state index contributed by atoms with van der Waals surface area (Å²) < 4.78 is 0. The molecule has 1 amide bonds. The zero-order valence-corrected chi connectivity index (χ0v) is 26.7. The average molecular weight is 592 g/mol. The largest absolute Gasteiger partial charge is 0.390 e. The summed E-state index contributed by atoms with van der Waals surface area (Å²) in [6.07, 6.45) is 5.38. The number of fused-ring (bicyclic) bond motifs is 2. The van der Waals surface area contributed by atoms with Gasteiger partial charge >= 0.3 is 0 Å². The molecule has 2 aromatic heterocycles. The molecule has 1 aliphatic carbocycles. The van der Waals surface area contributed by atoms with Gasteiger partial charge in [-0.3, -0.25) is 9.69 Å². The number of hydrogen-bond acceptors (Lipinski definition) is 6. The highest BCUT2D eigenvalue weighted by Gasteiger charge is 2.45. The summed E-state index contributed by atoms with van der Waals surface area (Å²) in [5, 5.41) is 11.2. The van der Waals surface area contributed by atoms with E-state index in [4.69, 9.17) is 5.73 Å². The van der Waals surface area contributed by atoms with Crippen molar-refractivity contribution < 1.29 is 9.90 Å². The Morgan fingerprint density at radius 3 is 2.43 bits per heavy atom. The van der Waals surface area contributed by atoms with Crippen molar-refractivity contribution in [2.24, 2.45) is 11.7 Å². The van der Waals surface area contributed by atoms with Crippen LogP contribution in [-0.2, 0) is 16.6 Å². The number of thiophene rings is 1. The smallest absolute Gasteiger partial charge is 0.233 e. The summed E-state index contributed by atoms with van der Waals surface area (Å²) in [5.41, 5.74) is 11.5. The quantitative estimate of drug-likeness (QED) is 0.337. The van der Waals surface area contributed by atoms with E-state index >= 15 is 0 Å². The van der Waals surface area contributed by atoms with Crippen LogP contribution in [0.25, 0.3) is 21.5 Å². The molecule has 0 bridgehead atoms. The number of nitrogens with zero attached hydrogens (tertiary/aromatic N) is 3. The lowest BCUT2D eigenvalue weighted by Gasteiger charge is -2.50. The number of aryl methyl sites for hydroxylation is 2. The summed E-state index contributed by atoms with van der Waals surface area (Å²) in [6.45, 7) is 15.4. The first-order chi connectivity index (χ1) is 20.1. The van der Waals surface area contributed by atoms with E-state index in [2.05, 4.69) is 71.6 Å². The number of H-pyrrole nitrogens is 1. The van der Waals surface area contributed by atoms with E-state index in [1.807, 2.05) is 0 Å². The van der Waals surface area contributed by atoms with Crippen LogP contribution >= 0.6 is 11.3 Å². The third-order valence-electron chi connectivity index (χ3n) is 10.2. The highest BCUT2D eigenvalue weighted by atomic mass is 32.1. The minimum atomic E-state index is -0.538. The first-order valence-corrected chi connectivity index (χ1v) is 16.8. The first kappa shape index (κ1) is 29.8.